The Labute approximate surface area is 121 Å². The lowest BCUT2D eigenvalue weighted by Gasteiger charge is -2.28. The van der Waals surface area contributed by atoms with Gasteiger partial charge < -0.3 is 14.4 Å². The number of rotatable bonds is 2. The molecule has 1 aromatic rings. The summed E-state index contributed by atoms with van der Waals surface area (Å²) in [5, 5.41) is 0.585. The molecule has 0 bridgehead atoms. The minimum absolute atomic E-state index is 0.0446. The maximum Gasteiger partial charge on any atom is 0.328 e. The standard InChI is InChI=1S/C14H14ClNO4/c1-19-14(18)10-4-5-13(17)16(10)11-7-20-12-6-8(15)2-3-9(11)12/h2-3,6,10-11H,4-5,7H2,1H3. The summed E-state index contributed by atoms with van der Waals surface area (Å²) in [6.45, 7) is 0.342. The number of fused-ring (bicyclic) bond motifs is 1. The molecule has 3 rings (SSSR count). The second-order valence-corrected chi connectivity index (χ2v) is 5.32. The molecule has 0 N–H and O–H groups in total. The highest BCUT2D eigenvalue weighted by Gasteiger charge is 2.44. The van der Waals surface area contributed by atoms with Crippen molar-refractivity contribution in [2.45, 2.75) is 24.9 Å². The fraction of sp³-hybridized carbons (Fsp3) is 0.429. The van der Waals surface area contributed by atoms with Crippen LogP contribution in [0, 0.1) is 0 Å². The Kier molecular flexibility index (Phi) is 3.30. The largest absolute Gasteiger partial charge is 0.491 e. The van der Waals surface area contributed by atoms with E-state index in [0.717, 1.165) is 5.56 Å². The van der Waals surface area contributed by atoms with Gasteiger partial charge in [-0.15, -0.1) is 0 Å². The molecule has 2 heterocycles. The highest BCUT2D eigenvalue weighted by Crippen LogP contribution is 2.41. The lowest BCUT2D eigenvalue weighted by molar-refractivity contribution is -0.151. The normalized spacial score (nSPS) is 24.5. The SMILES string of the molecule is COC(=O)C1CCC(=O)N1C1COc2cc(Cl)ccc21. The summed E-state index contributed by atoms with van der Waals surface area (Å²) in [6, 6.07) is 4.56. The van der Waals surface area contributed by atoms with Crippen molar-refractivity contribution in [1.82, 2.24) is 4.90 Å². The molecule has 0 radical (unpaired) electrons. The van der Waals surface area contributed by atoms with Gasteiger partial charge in [-0.2, -0.15) is 0 Å². The maximum atomic E-state index is 12.1. The average molecular weight is 296 g/mol. The summed E-state index contributed by atoms with van der Waals surface area (Å²) < 4.78 is 10.4. The summed E-state index contributed by atoms with van der Waals surface area (Å²) in [5.74, 6) is 0.251. The number of amides is 1. The number of hydrogen-bond donors (Lipinski definition) is 0. The minimum Gasteiger partial charge on any atom is -0.491 e. The molecule has 5 nitrogen and oxygen atoms in total. The van der Waals surface area contributed by atoms with E-state index in [1.807, 2.05) is 6.07 Å². The van der Waals surface area contributed by atoms with Crippen LogP contribution in [0.3, 0.4) is 0 Å². The van der Waals surface area contributed by atoms with Crippen LogP contribution in [0.25, 0.3) is 0 Å². The van der Waals surface area contributed by atoms with Crippen LogP contribution in [0.2, 0.25) is 5.02 Å². The predicted molar refractivity (Wildman–Crippen MR) is 71.6 cm³/mol. The Morgan fingerprint density at radius 2 is 2.30 bits per heavy atom. The van der Waals surface area contributed by atoms with Crippen LogP contribution in [0.15, 0.2) is 18.2 Å². The first-order valence-electron chi connectivity index (χ1n) is 6.43. The molecule has 0 spiro atoms. The third-order valence-electron chi connectivity index (χ3n) is 3.80. The number of methoxy groups -OCH3 is 1. The molecule has 1 fully saturated rings. The number of carbonyl (C=O) groups is 2. The van der Waals surface area contributed by atoms with Crippen molar-refractivity contribution in [3.05, 3.63) is 28.8 Å². The lowest BCUT2D eigenvalue weighted by atomic mass is 10.1. The second-order valence-electron chi connectivity index (χ2n) is 4.89. The van der Waals surface area contributed by atoms with Crippen molar-refractivity contribution in [3.8, 4) is 5.75 Å². The van der Waals surface area contributed by atoms with E-state index in [1.54, 1.807) is 17.0 Å². The van der Waals surface area contributed by atoms with E-state index < -0.39 is 6.04 Å². The zero-order valence-corrected chi connectivity index (χ0v) is 11.7. The third-order valence-corrected chi connectivity index (χ3v) is 4.03. The molecule has 6 heteroatoms. The molecule has 0 aliphatic carbocycles. The van der Waals surface area contributed by atoms with Gasteiger partial charge in [0.1, 0.15) is 18.4 Å². The first-order chi connectivity index (χ1) is 9.61. The molecular formula is C14H14ClNO4. The molecule has 0 saturated carbocycles. The van der Waals surface area contributed by atoms with Crippen molar-refractivity contribution in [2.75, 3.05) is 13.7 Å². The zero-order valence-electron chi connectivity index (χ0n) is 11.0. The van der Waals surface area contributed by atoms with Crippen molar-refractivity contribution in [2.24, 2.45) is 0 Å². The topological polar surface area (TPSA) is 55.8 Å². The summed E-state index contributed by atoms with van der Waals surface area (Å²) in [5.41, 5.74) is 0.888. The van der Waals surface area contributed by atoms with E-state index in [1.165, 1.54) is 7.11 Å². The summed E-state index contributed by atoms with van der Waals surface area (Å²) in [7, 11) is 1.34. The summed E-state index contributed by atoms with van der Waals surface area (Å²) >= 11 is 5.93. The molecular weight excluding hydrogens is 282 g/mol. The lowest BCUT2D eigenvalue weighted by Crippen LogP contribution is -2.42. The molecule has 1 saturated heterocycles. The monoisotopic (exact) mass is 295 g/mol. The number of carbonyl (C=O) groups excluding carboxylic acids is 2. The number of esters is 1. The van der Waals surface area contributed by atoms with Gasteiger partial charge in [-0.3, -0.25) is 4.79 Å². The highest BCUT2D eigenvalue weighted by molar-refractivity contribution is 6.30. The zero-order chi connectivity index (χ0) is 14.3. The molecule has 20 heavy (non-hydrogen) atoms. The van der Waals surface area contributed by atoms with Crippen LogP contribution in [-0.2, 0) is 14.3 Å². The van der Waals surface area contributed by atoms with Crippen molar-refractivity contribution in [3.63, 3.8) is 0 Å². The molecule has 2 atom stereocenters. The van der Waals surface area contributed by atoms with E-state index in [4.69, 9.17) is 21.1 Å². The number of likely N-dealkylation sites (tertiary alicyclic amines) is 1. The smallest absolute Gasteiger partial charge is 0.328 e. The molecule has 1 amide bonds. The van der Waals surface area contributed by atoms with Crippen molar-refractivity contribution >= 4 is 23.5 Å². The van der Waals surface area contributed by atoms with Crippen LogP contribution in [-0.4, -0.2) is 36.5 Å². The van der Waals surface area contributed by atoms with Gasteiger partial charge in [-0.05, 0) is 18.6 Å². The van der Waals surface area contributed by atoms with Gasteiger partial charge in [0.2, 0.25) is 5.91 Å². The van der Waals surface area contributed by atoms with Crippen LogP contribution in [0.5, 0.6) is 5.75 Å². The van der Waals surface area contributed by atoms with Crippen LogP contribution in [0.4, 0.5) is 0 Å². The van der Waals surface area contributed by atoms with Gasteiger partial charge in [0.15, 0.2) is 0 Å². The van der Waals surface area contributed by atoms with Crippen LogP contribution in [0.1, 0.15) is 24.4 Å². The quantitative estimate of drug-likeness (QED) is 0.783. The van der Waals surface area contributed by atoms with Gasteiger partial charge in [0, 0.05) is 17.0 Å². The fourth-order valence-electron chi connectivity index (χ4n) is 2.86. The van der Waals surface area contributed by atoms with E-state index in [2.05, 4.69) is 0 Å². The van der Waals surface area contributed by atoms with E-state index >= 15 is 0 Å². The van der Waals surface area contributed by atoms with Gasteiger partial charge in [0.05, 0.1) is 13.2 Å². The first-order valence-corrected chi connectivity index (χ1v) is 6.81. The van der Waals surface area contributed by atoms with Gasteiger partial charge in [-0.25, -0.2) is 4.79 Å². The Balaban J connectivity index is 1.93. The Bertz CT molecular complexity index is 574. The minimum atomic E-state index is -0.525. The van der Waals surface area contributed by atoms with Crippen LogP contribution >= 0.6 is 11.6 Å². The van der Waals surface area contributed by atoms with Gasteiger partial charge in [0.25, 0.3) is 0 Å². The van der Waals surface area contributed by atoms with Gasteiger partial charge in [-0.1, -0.05) is 17.7 Å². The highest BCUT2D eigenvalue weighted by atomic mass is 35.5. The maximum absolute atomic E-state index is 12.1. The molecule has 2 aliphatic heterocycles. The number of ether oxygens (including phenoxy) is 2. The number of benzene rings is 1. The first kappa shape index (κ1) is 13.2. The molecule has 2 aliphatic rings. The van der Waals surface area contributed by atoms with Crippen molar-refractivity contribution < 1.29 is 19.1 Å². The van der Waals surface area contributed by atoms with Gasteiger partial charge >= 0.3 is 5.97 Å². The molecule has 0 aromatic heterocycles. The van der Waals surface area contributed by atoms with Crippen molar-refractivity contribution in [1.29, 1.82) is 0 Å². The third kappa shape index (κ3) is 2.02. The number of hydrogen-bond acceptors (Lipinski definition) is 4. The number of halogens is 1. The molecule has 2 unspecified atom stereocenters. The fourth-order valence-corrected chi connectivity index (χ4v) is 3.02. The van der Waals surface area contributed by atoms with E-state index in [9.17, 15) is 9.59 Å². The van der Waals surface area contributed by atoms with E-state index in [-0.39, 0.29) is 17.9 Å². The Hall–Kier alpha value is -1.75. The number of nitrogens with zero attached hydrogens (tertiary/aromatic N) is 1. The Morgan fingerprint density at radius 1 is 1.50 bits per heavy atom. The summed E-state index contributed by atoms with van der Waals surface area (Å²) in [4.78, 5) is 25.5. The Morgan fingerprint density at radius 3 is 3.05 bits per heavy atom. The second kappa shape index (κ2) is 4.98. The average Bonchev–Trinajstić information content (AvgIpc) is 3.00. The summed E-state index contributed by atoms with van der Waals surface area (Å²) in [6.07, 6.45) is 0.851. The van der Waals surface area contributed by atoms with E-state index in [0.29, 0.717) is 30.2 Å². The molecule has 1 aromatic carbocycles. The van der Waals surface area contributed by atoms with Crippen LogP contribution < -0.4 is 4.74 Å². The molecule has 106 valence electrons. The predicted octanol–water partition coefficient (Wildman–Crippen LogP) is 1.94.